The van der Waals surface area contributed by atoms with Crippen LogP contribution in [-0.2, 0) is 6.54 Å². The number of nitrogens with one attached hydrogen (secondary N) is 1. The van der Waals surface area contributed by atoms with Crippen LogP contribution in [0, 0.1) is 0 Å². The monoisotopic (exact) mass is 167 g/mol. The lowest BCUT2D eigenvalue weighted by Crippen LogP contribution is -2.21. The summed E-state index contributed by atoms with van der Waals surface area (Å²) in [4.78, 5) is 11.2. The average molecular weight is 167 g/mol. The number of carbonyl (C=O) groups excluding carboxylic acids is 1. The van der Waals surface area contributed by atoms with Gasteiger partial charge in [-0.3, -0.25) is 4.79 Å². The Morgan fingerprint density at radius 2 is 2.42 bits per heavy atom. The normalized spacial score (nSPS) is 9.83. The van der Waals surface area contributed by atoms with Crippen LogP contribution in [0.2, 0.25) is 0 Å². The molecule has 12 heavy (non-hydrogen) atoms. The molecule has 66 valence electrons. The fourth-order valence-corrected chi connectivity index (χ4v) is 1.11. The Kier molecular flexibility index (Phi) is 2.38. The first-order valence-electron chi connectivity index (χ1n) is 3.86. The maximum absolute atomic E-state index is 11.2. The van der Waals surface area contributed by atoms with Crippen molar-refractivity contribution in [1.82, 2.24) is 9.88 Å². The van der Waals surface area contributed by atoms with E-state index in [9.17, 15) is 4.79 Å². The van der Waals surface area contributed by atoms with Crippen molar-refractivity contribution in [3.63, 3.8) is 0 Å². The van der Waals surface area contributed by atoms with Crippen LogP contribution in [0.5, 0.6) is 0 Å². The van der Waals surface area contributed by atoms with E-state index in [1.165, 1.54) is 0 Å². The molecule has 0 saturated heterocycles. The highest BCUT2D eigenvalue weighted by Gasteiger charge is 2.09. The summed E-state index contributed by atoms with van der Waals surface area (Å²) in [7, 11) is 1.60. The first kappa shape index (κ1) is 8.64. The summed E-state index contributed by atoms with van der Waals surface area (Å²) in [6.07, 6.45) is 1.75. The van der Waals surface area contributed by atoms with Gasteiger partial charge in [0.2, 0.25) is 0 Å². The number of rotatable bonds is 2. The van der Waals surface area contributed by atoms with E-state index in [0.717, 1.165) is 6.54 Å². The van der Waals surface area contributed by atoms with Gasteiger partial charge >= 0.3 is 0 Å². The first-order chi connectivity index (χ1) is 5.69. The van der Waals surface area contributed by atoms with Gasteiger partial charge in [-0.2, -0.15) is 0 Å². The van der Waals surface area contributed by atoms with Gasteiger partial charge in [-0.15, -0.1) is 0 Å². The molecule has 0 saturated carbocycles. The molecule has 4 heteroatoms. The minimum atomic E-state index is -0.103. The molecule has 0 aliphatic carbocycles. The average Bonchev–Trinajstić information content (AvgIpc) is 2.45. The number of carbonyl (C=O) groups is 1. The topological polar surface area (TPSA) is 60.0 Å². The van der Waals surface area contributed by atoms with Crippen molar-refractivity contribution in [2.24, 2.45) is 0 Å². The standard InChI is InChI=1S/C8H13N3O/c1-3-11-5-6(9)4-7(11)8(12)10-2/h4-5H,3,9H2,1-2H3,(H,10,12). The molecule has 0 spiro atoms. The Balaban J connectivity index is 3.04. The van der Waals surface area contributed by atoms with E-state index >= 15 is 0 Å². The number of nitrogen functional groups attached to an aromatic ring is 1. The Morgan fingerprint density at radius 1 is 1.75 bits per heavy atom. The lowest BCUT2D eigenvalue weighted by Gasteiger charge is -2.02. The van der Waals surface area contributed by atoms with E-state index < -0.39 is 0 Å². The molecule has 1 aromatic heterocycles. The van der Waals surface area contributed by atoms with Gasteiger partial charge in [0.05, 0.1) is 5.69 Å². The second-order valence-corrected chi connectivity index (χ2v) is 2.52. The van der Waals surface area contributed by atoms with Gasteiger partial charge in [-0.05, 0) is 13.0 Å². The maximum Gasteiger partial charge on any atom is 0.267 e. The molecule has 0 bridgehead atoms. The molecule has 0 aromatic carbocycles. The minimum absolute atomic E-state index is 0.103. The third kappa shape index (κ3) is 1.42. The van der Waals surface area contributed by atoms with E-state index in [-0.39, 0.29) is 5.91 Å². The lowest BCUT2D eigenvalue weighted by atomic mass is 10.4. The van der Waals surface area contributed by atoms with Crippen molar-refractivity contribution in [1.29, 1.82) is 0 Å². The van der Waals surface area contributed by atoms with Gasteiger partial charge in [-0.1, -0.05) is 0 Å². The largest absolute Gasteiger partial charge is 0.397 e. The van der Waals surface area contributed by atoms with Gasteiger partial charge in [-0.25, -0.2) is 0 Å². The first-order valence-corrected chi connectivity index (χ1v) is 3.86. The van der Waals surface area contributed by atoms with Crippen LogP contribution in [0.1, 0.15) is 17.4 Å². The van der Waals surface area contributed by atoms with Gasteiger partial charge in [0.15, 0.2) is 0 Å². The summed E-state index contributed by atoms with van der Waals surface area (Å²) in [5.74, 6) is -0.103. The third-order valence-electron chi connectivity index (χ3n) is 1.72. The van der Waals surface area contributed by atoms with Crippen LogP contribution >= 0.6 is 0 Å². The molecule has 0 radical (unpaired) electrons. The Morgan fingerprint density at radius 3 is 2.92 bits per heavy atom. The van der Waals surface area contributed by atoms with E-state index in [1.54, 1.807) is 19.3 Å². The Labute approximate surface area is 71.4 Å². The summed E-state index contributed by atoms with van der Waals surface area (Å²) in [5.41, 5.74) is 6.78. The van der Waals surface area contributed by atoms with Crippen molar-refractivity contribution in [3.8, 4) is 0 Å². The van der Waals surface area contributed by atoms with Crippen LogP contribution in [-0.4, -0.2) is 17.5 Å². The van der Waals surface area contributed by atoms with Gasteiger partial charge < -0.3 is 15.6 Å². The quantitative estimate of drug-likeness (QED) is 0.671. The zero-order chi connectivity index (χ0) is 9.14. The van der Waals surface area contributed by atoms with Crippen LogP contribution in [0.25, 0.3) is 0 Å². The molecule has 3 N–H and O–H groups in total. The van der Waals surface area contributed by atoms with Crippen molar-refractivity contribution < 1.29 is 4.79 Å². The lowest BCUT2D eigenvalue weighted by molar-refractivity contribution is 0.0954. The van der Waals surface area contributed by atoms with Crippen LogP contribution in [0.15, 0.2) is 12.3 Å². The molecule has 0 aliphatic rings. The second-order valence-electron chi connectivity index (χ2n) is 2.52. The molecule has 4 nitrogen and oxygen atoms in total. The molecular weight excluding hydrogens is 154 g/mol. The fourth-order valence-electron chi connectivity index (χ4n) is 1.11. The zero-order valence-electron chi connectivity index (χ0n) is 7.29. The fraction of sp³-hybridized carbons (Fsp3) is 0.375. The number of nitrogens with two attached hydrogens (primary N) is 1. The van der Waals surface area contributed by atoms with E-state index in [1.807, 2.05) is 11.5 Å². The van der Waals surface area contributed by atoms with E-state index in [4.69, 9.17) is 5.73 Å². The maximum atomic E-state index is 11.2. The van der Waals surface area contributed by atoms with Crippen LogP contribution in [0.3, 0.4) is 0 Å². The van der Waals surface area contributed by atoms with Crippen LogP contribution < -0.4 is 11.1 Å². The molecule has 1 aromatic rings. The molecule has 1 amide bonds. The predicted molar refractivity (Wildman–Crippen MR) is 47.9 cm³/mol. The second kappa shape index (κ2) is 3.30. The molecule has 0 atom stereocenters. The third-order valence-corrected chi connectivity index (χ3v) is 1.72. The molecule has 0 aliphatic heterocycles. The highest BCUT2D eigenvalue weighted by Crippen LogP contribution is 2.09. The van der Waals surface area contributed by atoms with Gasteiger partial charge in [0.1, 0.15) is 5.69 Å². The summed E-state index contributed by atoms with van der Waals surface area (Å²) in [6.45, 7) is 2.71. The Hall–Kier alpha value is -1.45. The highest BCUT2D eigenvalue weighted by atomic mass is 16.1. The summed E-state index contributed by atoms with van der Waals surface area (Å²) in [6, 6.07) is 1.67. The highest BCUT2D eigenvalue weighted by molar-refractivity contribution is 5.93. The number of anilines is 1. The Bertz CT molecular complexity index is 290. The van der Waals surface area contributed by atoms with Crippen molar-refractivity contribution in [2.75, 3.05) is 12.8 Å². The predicted octanol–water partition coefficient (Wildman–Crippen LogP) is 0.450. The van der Waals surface area contributed by atoms with Crippen LogP contribution in [0.4, 0.5) is 5.69 Å². The summed E-state index contributed by atoms with van der Waals surface area (Å²) < 4.78 is 1.81. The van der Waals surface area contributed by atoms with Crippen molar-refractivity contribution in [3.05, 3.63) is 18.0 Å². The van der Waals surface area contributed by atoms with Gasteiger partial charge in [0, 0.05) is 19.8 Å². The van der Waals surface area contributed by atoms with Gasteiger partial charge in [0.25, 0.3) is 5.91 Å². The summed E-state index contributed by atoms with van der Waals surface area (Å²) >= 11 is 0. The SMILES string of the molecule is CCn1cc(N)cc1C(=O)NC. The van der Waals surface area contributed by atoms with E-state index in [0.29, 0.717) is 11.4 Å². The zero-order valence-corrected chi connectivity index (χ0v) is 7.29. The van der Waals surface area contributed by atoms with Crippen molar-refractivity contribution >= 4 is 11.6 Å². The number of nitrogens with zero attached hydrogens (tertiary/aromatic N) is 1. The number of hydrogen-bond donors (Lipinski definition) is 2. The molecular formula is C8H13N3O. The van der Waals surface area contributed by atoms with Crippen molar-refractivity contribution in [2.45, 2.75) is 13.5 Å². The minimum Gasteiger partial charge on any atom is -0.397 e. The molecule has 1 heterocycles. The molecule has 0 unspecified atom stereocenters. The number of aromatic nitrogens is 1. The number of amides is 1. The number of aryl methyl sites for hydroxylation is 1. The molecule has 1 rings (SSSR count). The number of hydrogen-bond acceptors (Lipinski definition) is 2. The van der Waals surface area contributed by atoms with E-state index in [2.05, 4.69) is 5.32 Å². The molecule has 0 fully saturated rings. The summed E-state index contributed by atoms with van der Waals surface area (Å²) in [5, 5.41) is 2.55. The smallest absolute Gasteiger partial charge is 0.267 e.